The highest BCUT2D eigenvalue weighted by Gasteiger charge is 1.94. The molecule has 2 nitrogen and oxygen atoms in total. The van der Waals surface area contributed by atoms with Crippen LogP contribution in [0.5, 0.6) is 0 Å². The Balaban J connectivity index is 2.01. The van der Waals surface area contributed by atoms with Crippen LogP contribution in [0.25, 0.3) is 0 Å². The lowest BCUT2D eigenvalue weighted by Gasteiger charge is -2.04. The second-order valence-electron chi connectivity index (χ2n) is 3.49. The number of hydrogen-bond acceptors (Lipinski definition) is 3. The Hall–Kier alpha value is -0.580. The number of nitrogens with one attached hydrogen (secondary N) is 1. The summed E-state index contributed by atoms with van der Waals surface area (Å²) < 4.78 is 12.6. The fourth-order valence-corrected chi connectivity index (χ4v) is 2.07. The first kappa shape index (κ1) is 13.5. The van der Waals surface area contributed by atoms with E-state index < -0.39 is 0 Å². The summed E-state index contributed by atoms with van der Waals surface area (Å²) in [6.07, 6.45) is 0.864. The van der Waals surface area contributed by atoms with Gasteiger partial charge in [0.2, 0.25) is 0 Å². The Labute approximate surface area is 100 Å². The highest BCUT2D eigenvalue weighted by molar-refractivity contribution is 7.99. The van der Waals surface area contributed by atoms with E-state index in [1.807, 2.05) is 11.8 Å². The third-order valence-electron chi connectivity index (χ3n) is 2.11. The first-order valence-electron chi connectivity index (χ1n) is 5.46. The first-order valence-corrected chi connectivity index (χ1v) is 6.62. The molecule has 1 aromatic rings. The van der Waals surface area contributed by atoms with Crippen LogP contribution in [0.2, 0.25) is 0 Å². The largest absolute Gasteiger partial charge is 0.396 e. The van der Waals surface area contributed by atoms with Crippen LogP contribution in [0.4, 0.5) is 4.39 Å². The van der Waals surface area contributed by atoms with E-state index in [0.717, 1.165) is 36.6 Å². The average molecular weight is 243 g/mol. The number of benzene rings is 1. The molecule has 0 aliphatic rings. The smallest absolute Gasteiger partial charge is 0.123 e. The van der Waals surface area contributed by atoms with Crippen LogP contribution in [0, 0.1) is 5.82 Å². The van der Waals surface area contributed by atoms with Crippen molar-refractivity contribution >= 4 is 11.8 Å². The topological polar surface area (TPSA) is 32.3 Å². The van der Waals surface area contributed by atoms with Crippen LogP contribution in [0.1, 0.15) is 12.0 Å². The Morgan fingerprint density at radius 1 is 1.19 bits per heavy atom. The van der Waals surface area contributed by atoms with E-state index in [1.165, 1.54) is 12.1 Å². The number of hydrogen-bond donors (Lipinski definition) is 2. The van der Waals surface area contributed by atoms with Gasteiger partial charge in [0.1, 0.15) is 5.82 Å². The molecule has 0 fully saturated rings. The Kier molecular flexibility index (Phi) is 7.21. The predicted molar refractivity (Wildman–Crippen MR) is 67.1 cm³/mol. The van der Waals surface area contributed by atoms with Crippen molar-refractivity contribution in [2.75, 3.05) is 24.7 Å². The van der Waals surface area contributed by atoms with Gasteiger partial charge in [-0.1, -0.05) is 12.1 Å². The van der Waals surface area contributed by atoms with Crippen molar-refractivity contribution in [2.45, 2.75) is 13.0 Å². The minimum absolute atomic E-state index is 0.191. The zero-order chi connectivity index (χ0) is 11.6. The molecule has 0 aliphatic carbocycles. The molecule has 0 atom stereocenters. The van der Waals surface area contributed by atoms with Crippen molar-refractivity contribution in [2.24, 2.45) is 0 Å². The normalized spacial score (nSPS) is 10.6. The third-order valence-corrected chi connectivity index (χ3v) is 3.18. The van der Waals surface area contributed by atoms with E-state index in [4.69, 9.17) is 5.11 Å². The molecule has 0 aliphatic heterocycles. The maximum atomic E-state index is 12.6. The lowest BCUT2D eigenvalue weighted by Crippen LogP contribution is -2.16. The SMILES string of the molecule is OCCCSCCNCc1ccc(F)cc1. The molecular weight excluding hydrogens is 225 g/mol. The van der Waals surface area contributed by atoms with Crippen molar-refractivity contribution in [3.63, 3.8) is 0 Å². The lowest BCUT2D eigenvalue weighted by molar-refractivity contribution is 0.296. The molecule has 1 aromatic carbocycles. The summed E-state index contributed by atoms with van der Waals surface area (Å²) >= 11 is 1.83. The second kappa shape index (κ2) is 8.56. The van der Waals surface area contributed by atoms with Crippen molar-refractivity contribution < 1.29 is 9.50 Å². The first-order chi connectivity index (χ1) is 7.83. The van der Waals surface area contributed by atoms with E-state index in [9.17, 15) is 4.39 Å². The average Bonchev–Trinajstić information content (AvgIpc) is 2.30. The molecule has 4 heteroatoms. The van der Waals surface area contributed by atoms with Crippen LogP contribution < -0.4 is 5.32 Å². The lowest BCUT2D eigenvalue weighted by atomic mass is 10.2. The zero-order valence-electron chi connectivity index (χ0n) is 9.29. The van der Waals surface area contributed by atoms with Gasteiger partial charge in [-0.2, -0.15) is 11.8 Å². The van der Waals surface area contributed by atoms with Crippen molar-refractivity contribution in [1.29, 1.82) is 0 Å². The molecule has 0 aromatic heterocycles. The summed E-state index contributed by atoms with van der Waals surface area (Å²) in [4.78, 5) is 0. The Morgan fingerprint density at radius 2 is 1.94 bits per heavy atom. The van der Waals surface area contributed by atoms with Gasteiger partial charge in [-0.3, -0.25) is 0 Å². The predicted octanol–water partition coefficient (Wildman–Crippen LogP) is 2.03. The summed E-state index contributed by atoms with van der Waals surface area (Å²) in [5.41, 5.74) is 1.10. The van der Waals surface area contributed by atoms with E-state index in [1.54, 1.807) is 12.1 Å². The highest BCUT2D eigenvalue weighted by Crippen LogP contribution is 2.03. The van der Waals surface area contributed by atoms with Gasteiger partial charge in [0.25, 0.3) is 0 Å². The monoisotopic (exact) mass is 243 g/mol. The summed E-state index contributed by atoms with van der Waals surface area (Å²) in [6, 6.07) is 6.54. The molecule has 0 radical (unpaired) electrons. The number of thioether (sulfide) groups is 1. The van der Waals surface area contributed by atoms with Gasteiger partial charge in [-0.25, -0.2) is 4.39 Å². The third kappa shape index (κ3) is 6.10. The molecule has 90 valence electrons. The summed E-state index contributed by atoms with van der Waals surface area (Å²) in [6.45, 7) is 1.99. The maximum absolute atomic E-state index is 12.6. The van der Waals surface area contributed by atoms with Crippen molar-refractivity contribution in [3.05, 3.63) is 35.6 Å². The number of aliphatic hydroxyl groups excluding tert-OH is 1. The molecule has 2 N–H and O–H groups in total. The van der Waals surface area contributed by atoms with E-state index in [2.05, 4.69) is 5.32 Å². The molecular formula is C12H18FNOS. The van der Waals surface area contributed by atoms with Crippen LogP contribution in [0.3, 0.4) is 0 Å². The van der Waals surface area contributed by atoms with Gasteiger partial charge in [-0.15, -0.1) is 0 Å². The van der Waals surface area contributed by atoms with Gasteiger partial charge in [0.05, 0.1) is 0 Å². The van der Waals surface area contributed by atoms with Crippen LogP contribution in [-0.2, 0) is 6.54 Å². The fourth-order valence-electron chi connectivity index (χ4n) is 1.25. The molecule has 0 heterocycles. The maximum Gasteiger partial charge on any atom is 0.123 e. The number of halogens is 1. The standard InChI is InChI=1S/C12H18FNOS/c13-12-4-2-11(3-5-12)10-14-6-9-16-8-1-7-15/h2-5,14-15H,1,6-10H2. The van der Waals surface area contributed by atoms with Crippen molar-refractivity contribution in [1.82, 2.24) is 5.32 Å². The Morgan fingerprint density at radius 3 is 2.62 bits per heavy atom. The van der Waals surface area contributed by atoms with Gasteiger partial charge in [0.15, 0.2) is 0 Å². The molecule has 0 saturated carbocycles. The van der Waals surface area contributed by atoms with Crippen LogP contribution >= 0.6 is 11.8 Å². The highest BCUT2D eigenvalue weighted by atomic mass is 32.2. The van der Waals surface area contributed by atoms with E-state index >= 15 is 0 Å². The van der Waals surface area contributed by atoms with E-state index in [-0.39, 0.29) is 12.4 Å². The van der Waals surface area contributed by atoms with E-state index in [0.29, 0.717) is 0 Å². The minimum atomic E-state index is -0.191. The van der Waals surface area contributed by atoms with Crippen LogP contribution in [0.15, 0.2) is 24.3 Å². The summed E-state index contributed by atoms with van der Waals surface area (Å²) in [7, 11) is 0. The Bertz CT molecular complexity index is 279. The zero-order valence-corrected chi connectivity index (χ0v) is 10.1. The number of aliphatic hydroxyl groups is 1. The molecule has 16 heavy (non-hydrogen) atoms. The molecule has 0 bridgehead atoms. The summed E-state index contributed by atoms with van der Waals surface area (Å²) in [5.74, 6) is 1.86. The molecule has 0 saturated heterocycles. The minimum Gasteiger partial charge on any atom is -0.396 e. The number of rotatable bonds is 8. The van der Waals surface area contributed by atoms with Crippen molar-refractivity contribution in [3.8, 4) is 0 Å². The summed E-state index contributed by atoms with van der Waals surface area (Å²) in [5, 5.41) is 11.9. The van der Waals surface area contributed by atoms with Gasteiger partial charge in [0, 0.05) is 25.4 Å². The quantitative estimate of drug-likeness (QED) is 0.685. The van der Waals surface area contributed by atoms with Crippen LogP contribution in [-0.4, -0.2) is 29.8 Å². The molecule has 0 unspecified atom stereocenters. The van der Waals surface area contributed by atoms with Gasteiger partial charge < -0.3 is 10.4 Å². The van der Waals surface area contributed by atoms with Gasteiger partial charge in [-0.05, 0) is 29.9 Å². The van der Waals surface area contributed by atoms with Gasteiger partial charge >= 0.3 is 0 Å². The molecule has 1 rings (SSSR count). The molecule has 0 spiro atoms. The fraction of sp³-hybridized carbons (Fsp3) is 0.500. The molecule has 0 amide bonds. The second-order valence-corrected chi connectivity index (χ2v) is 4.72.